The maximum atomic E-state index is 5.97. The van der Waals surface area contributed by atoms with Gasteiger partial charge in [0, 0.05) is 44.8 Å². The molecule has 3 nitrogen and oxygen atoms in total. The maximum Gasteiger partial charge on any atom is 0.0113 e. The Kier molecular flexibility index (Phi) is 3.18. The average molecular weight is 223 g/mol. The quantitative estimate of drug-likeness (QED) is 0.771. The molecule has 0 radical (unpaired) electrons. The maximum absolute atomic E-state index is 5.97. The highest BCUT2D eigenvalue weighted by Gasteiger charge is 2.32. The molecule has 3 heteroatoms. The molecule has 2 atom stereocenters. The van der Waals surface area contributed by atoms with E-state index in [0.29, 0.717) is 6.04 Å². The molecule has 0 bridgehead atoms. The summed E-state index contributed by atoms with van der Waals surface area (Å²) in [6.45, 7) is 6.52. The van der Waals surface area contributed by atoms with Crippen LogP contribution in [0.2, 0.25) is 0 Å². The predicted molar refractivity (Wildman–Crippen MR) is 66.4 cm³/mol. The lowest BCUT2D eigenvalue weighted by molar-refractivity contribution is 0.113. The topological polar surface area (TPSA) is 32.5 Å². The normalized spacial score (nSPS) is 38.1. The minimum atomic E-state index is 0.498. The van der Waals surface area contributed by atoms with Crippen molar-refractivity contribution in [3.63, 3.8) is 0 Å². The van der Waals surface area contributed by atoms with Crippen molar-refractivity contribution in [2.45, 2.75) is 44.2 Å². The minimum Gasteiger partial charge on any atom is -0.328 e. The van der Waals surface area contributed by atoms with Crippen molar-refractivity contribution >= 4 is 0 Å². The summed E-state index contributed by atoms with van der Waals surface area (Å²) in [5.41, 5.74) is 5.97. The molecule has 1 heterocycles. The van der Waals surface area contributed by atoms with E-state index in [-0.39, 0.29) is 0 Å². The molecule has 1 saturated heterocycles. The number of nitrogens with two attached hydrogens (primary N) is 1. The van der Waals surface area contributed by atoms with Crippen LogP contribution < -0.4 is 5.73 Å². The van der Waals surface area contributed by atoms with Crippen molar-refractivity contribution in [3.05, 3.63) is 0 Å². The molecular weight excluding hydrogens is 198 g/mol. The van der Waals surface area contributed by atoms with E-state index in [1.807, 2.05) is 0 Å². The summed E-state index contributed by atoms with van der Waals surface area (Å²) in [7, 11) is 0. The molecule has 0 amide bonds. The minimum absolute atomic E-state index is 0.498. The van der Waals surface area contributed by atoms with Crippen molar-refractivity contribution in [1.82, 2.24) is 9.80 Å². The van der Waals surface area contributed by atoms with E-state index in [9.17, 15) is 0 Å². The van der Waals surface area contributed by atoms with Crippen LogP contribution in [0.25, 0.3) is 0 Å². The molecule has 16 heavy (non-hydrogen) atoms. The summed E-state index contributed by atoms with van der Waals surface area (Å²) in [6.07, 6.45) is 6.80. The molecule has 0 aromatic carbocycles. The molecule has 2 N–H and O–H groups in total. The van der Waals surface area contributed by atoms with Crippen molar-refractivity contribution in [2.24, 2.45) is 11.7 Å². The second kappa shape index (κ2) is 4.63. The lowest BCUT2D eigenvalue weighted by Gasteiger charge is -2.36. The van der Waals surface area contributed by atoms with Gasteiger partial charge in [-0.1, -0.05) is 0 Å². The second-order valence-corrected chi connectivity index (χ2v) is 6.01. The van der Waals surface area contributed by atoms with Crippen molar-refractivity contribution in [3.8, 4) is 0 Å². The van der Waals surface area contributed by atoms with Crippen LogP contribution >= 0.6 is 0 Å². The molecule has 3 rings (SSSR count). The van der Waals surface area contributed by atoms with Gasteiger partial charge in [0.2, 0.25) is 0 Å². The zero-order valence-corrected chi connectivity index (χ0v) is 10.3. The fraction of sp³-hybridized carbons (Fsp3) is 1.00. The summed E-state index contributed by atoms with van der Waals surface area (Å²) in [5, 5.41) is 0. The van der Waals surface area contributed by atoms with Gasteiger partial charge in [0.1, 0.15) is 0 Å². The molecule has 3 aliphatic rings. The van der Waals surface area contributed by atoms with Gasteiger partial charge in [0.05, 0.1) is 0 Å². The summed E-state index contributed by atoms with van der Waals surface area (Å²) >= 11 is 0. The lowest BCUT2D eigenvalue weighted by atomic mass is 10.1. The number of piperazine rings is 1. The molecule has 2 saturated carbocycles. The summed E-state index contributed by atoms with van der Waals surface area (Å²) in [4.78, 5) is 5.36. The zero-order chi connectivity index (χ0) is 11.0. The van der Waals surface area contributed by atoms with E-state index >= 15 is 0 Å². The molecule has 92 valence electrons. The summed E-state index contributed by atoms with van der Waals surface area (Å²) in [5.74, 6) is 0.891. The fourth-order valence-corrected chi connectivity index (χ4v) is 3.40. The van der Waals surface area contributed by atoms with E-state index < -0.39 is 0 Å². The van der Waals surface area contributed by atoms with Gasteiger partial charge in [0.15, 0.2) is 0 Å². The molecule has 3 fully saturated rings. The number of hydrogen-bond donors (Lipinski definition) is 1. The molecular formula is C13H25N3. The Labute approximate surface area is 99.0 Å². The first-order chi connectivity index (χ1) is 7.81. The van der Waals surface area contributed by atoms with Gasteiger partial charge in [-0.05, 0) is 38.0 Å². The van der Waals surface area contributed by atoms with E-state index in [1.165, 1.54) is 64.8 Å². The molecule has 0 aromatic rings. The van der Waals surface area contributed by atoms with Crippen LogP contribution in [0, 0.1) is 5.92 Å². The van der Waals surface area contributed by atoms with Crippen molar-refractivity contribution in [1.29, 1.82) is 0 Å². The first-order valence-electron chi connectivity index (χ1n) is 7.03. The highest BCUT2D eigenvalue weighted by Crippen LogP contribution is 2.29. The van der Waals surface area contributed by atoms with Gasteiger partial charge in [-0.3, -0.25) is 4.90 Å². The average Bonchev–Trinajstić information content (AvgIpc) is 3.05. The number of hydrogen-bond acceptors (Lipinski definition) is 3. The molecule has 1 aliphatic heterocycles. The molecule has 2 aliphatic carbocycles. The zero-order valence-electron chi connectivity index (χ0n) is 10.3. The van der Waals surface area contributed by atoms with E-state index in [2.05, 4.69) is 9.80 Å². The van der Waals surface area contributed by atoms with Crippen LogP contribution in [0.4, 0.5) is 0 Å². The first-order valence-corrected chi connectivity index (χ1v) is 7.03. The third-order valence-electron chi connectivity index (χ3n) is 4.57. The van der Waals surface area contributed by atoms with Crippen LogP contribution in [0.1, 0.15) is 32.1 Å². The number of rotatable bonds is 3. The highest BCUT2D eigenvalue weighted by atomic mass is 15.3. The SMILES string of the molecule is NC1CCC(CN2CCN(C3CC3)CC2)C1. The van der Waals surface area contributed by atoms with Gasteiger partial charge in [-0.2, -0.15) is 0 Å². The van der Waals surface area contributed by atoms with Gasteiger partial charge in [-0.15, -0.1) is 0 Å². The Morgan fingerprint density at radius 1 is 0.938 bits per heavy atom. The van der Waals surface area contributed by atoms with Gasteiger partial charge >= 0.3 is 0 Å². The first kappa shape index (κ1) is 11.0. The van der Waals surface area contributed by atoms with Crippen LogP contribution in [0.5, 0.6) is 0 Å². The highest BCUT2D eigenvalue weighted by molar-refractivity contribution is 4.88. The second-order valence-electron chi connectivity index (χ2n) is 6.01. The van der Waals surface area contributed by atoms with Crippen LogP contribution in [-0.4, -0.2) is 54.6 Å². The third kappa shape index (κ3) is 2.58. The Bertz CT molecular complexity index is 231. The largest absolute Gasteiger partial charge is 0.328 e. The Hall–Kier alpha value is -0.120. The van der Waals surface area contributed by atoms with Gasteiger partial charge in [-0.25, -0.2) is 0 Å². The lowest BCUT2D eigenvalue weighted by Crippen LogP contribution is -2.48. The molecule has 0 spiro atoms. The predicted octanol–water partition coefficient (Wildman–Crippen LogP) is 0.894. The van der Waals surface area contributed by atoms with E-state index in [0.717, 1.165) is 12.0 Å². The standard InChI is InChI=1S/C13H25N3/c14-12-2-1-11(9-12)10-15-5-7-16(8-6-15)13-3-4-13/h11-13H,1-10,14H2. The van der Waals surface area contributed by atoms with Gasteiger partial charge in [0.25, 0.3) is 0 Å². The fourth-order valence-electron chi connectivity index (χ4n) is 3.40. The summed E-state index contributed by atoms with van der Waals surface area (Å²) in [6, 6.07) is 1.46. The van der Waals surface area contributed by atoms with Crippen LogP contribution in [-0.2, 0) is 0 Å². The van der Waals surface area contributed by atoms with Crippen LogP contribution in [0.15, 0.2) is 0 Å². The van der Waals surface area contributed by atoms with E-state index in [4.69, 9.17) is 5.73 Å². The van der Waals surface area contributed by atoms with Crippen LogP contribution in [0.3, 0.4) is 0 Å². The van der Waals surface area contributed by atoms with Gasteiger partial charge < -0.3 is 10.6 Å². The van der Waals surface area contributed by atoms with Crippen molar-refractivity contribution in [2.75, 3.05) is 32.7 Å². The van der Waals surface area contributed by atoms with Crippen molar-refractivity contribution < 1.29 is 0 Å². The smallest absolute Gasteiger partial charge is 0.0113 e. The Morgan fingerprint density at radius 3 is 2.25 bits per heavy atom. The monoisotopic (exact) mass is 223 g/mol. The Balaban J connectivity index is 1.40. The Morgan fingerprint density at radius 2 is 1.69 bits per heavy atom. The third-order valence-corrected chi connectivity index (χ3v) is 4.57. The van der Waals surface area contributed by atoms with E-state index in [1.54, 1.807) is 0 Å². The molecule has 0 aromatic heterocycles. The summed E-state index contributed by atoms with van der Waals surface area (Å²) < 4.78 is 0. The molecule has 2 unspecified atom stereocenters. The number of nitrogens with zero attached hydrogens (tertiary/aromatic N) is 2.